The maximum absolute atomic E-state index is 12.4. The topological polar surface area (TPSA) is 49.9 Å². The number of amides is 1. The smallest absolute Gasteiger partial charge is 0.227 e. The first-order chi connectivity index (χ1) is 11.1. The second kappa shape index (κ2) is 7.55. The van der Waals surface area contributed by atoms with Crippen molar-refractivity contribution in [2.24, 2.45) is 0 Å². The predicted octanol–water partition coefficient (Wildman–Crippen LogP) is 1.82. The van der Waals surface area contributed by atoms with E-state index in [0.717, 1.165) is 62.7 Å². The average Bonchev–Trinajstić information content (AvgIpc) is 3.04. The maximum atomic E-state index is 12.4. The lowest BCUT2D eigenvalue weighted by Crippen LogP contribution is -2.53. The summed E-state index contributed by atoms with van der Waals surface area (Å²) in [5.41, 5.74) is 0.956. The van der Waals surface area contributed by atoms with Gasteiger partial charge in [0.2, 0.25) is 5.91 Å². The predicted molar refractivity (Wildman–Crippen MR) is 90.0 cm³/mol. The fourth-order valence-electron chi connectivity index (χ4n) is 3.33. The Hall–Kier alpha value is -1.24. The maximum Gasteiger partial charge on any atom is 0.227 e. The molecule has 3 rings (SSSR count). The van der Waals surface area contributed by atoms with E-state index in [1.807, 2.05) is 16.3 Å². The van der Waals surface area contributed by atoms with Crippen LogP contribution in [0.25, 0.3) is 0 Å². The van der Waals surface area contributed by atoms with E-state index in [2.05, 4.69) is 4.90 Å². The van der Waals surface area contributed by atoms with Gasteiger partial charge in [0, 0.05) is 45.4 Å². The zero-order valence-corrected chi connectivity index (χ0v) is 14.4. The van der Waals surface area contributed by atoms with E-state index in [-0.39, 0.29) is 11.7 Å². The van der Waals surface area contributed by atoms with E-state index < -0.39 is 0 Å². The molecule has 0 aromatic carbocycles. The number of thiophene rings is 1. The molecule has 0 radical (unpaired) electrons. The SMILES string of the molecule is CC(=O)c1cc(CC(=O)N2CCN(C3CCOCC3)CC2)cs1. The minimum Gasteiger partial charge on any atom is -0.381 e. The van der Waals surface area contributed by atoms with Crippen molar-refractivity contribution in [3.05, 3.63) is 21.9 Å². The summed E-state index contributed by atoms with van der Waals surface area (Å²) in [4.78, 5) is 29.0. The van der Waals surface area contributed by atoms with Crippen molar-refractivity contribution in [3.8, 4) is 0 Å². The van der Waals surface area contributed by atoms with Crippen LogP contribution in [0.4, 0.5) is 0 Å². The van der Waals surface area contributed by atoms with Crippen molar-refractivity contribution in [1.82, 2.24) is 9.80 Å². The number of Topliss-reactive ketones (excluding diaryl/α,β-unsaturated/α-hetero) is 1. The van der Waals surface area contributed by atoms with Crippen LogP contribution in [0.1, 0.15) is 35.0 Å². The van der Waals surface area contributed by atoms with Gasteiger partial charge < -0.3 is 9.64 Å². The van der Waals surface area contributed by atoms with E-state index in [9.17, 15) is 9.59 Å². The van der Waals surface area contributed by atoms with Gasteiger partial charge in [-0.15, -0.1) is 11.3 Å². The highest BCUT2D eigenvalue weighted by atomic mass is 32.1. The number of rotatable bonds is 4. The summed E-state index contributed by atoms with van der Waals surface area (Å²) in [5, 5.41) is 1.92. The Kier molecular flexibility index (Phi) is 5.46. The highest BCUT2D eigenvalue weighted by Gasteiger charge is 2.27. The summed E-state index contributed by atoms with van der Waals surface area (Å²) in [6.07, 6.45) is 2.62. The molecule has 2 fully saturated rings. The normalized spacial score (nSPS) is 20.7. The Morgan fingerprint density at radius 2 is 1.91 bits per heavy atom. The Morgan fingerprint density at radius 3 is 2.52 bits per heavy atom. The molecule has 2 saturated heterocycles. The minimum absolute atomic E-state index is 0.0683. The molecule has 0 saturated carbocycles. The molecule has 0 atom stereocenters. The van der Waals surface area contributed by atoms with Crippen molar-refractivity contribution >= 4 is 23.0 Å². The summed E-state index contributed by atoms with van der Waals surface area (Å²) >= 11 is 1.43. The molecule has 126 valence electrons. The summed E-state index contributed by atoms with van der Waals surface area (Å²) in [6, 6.07) is 2.47. The number of ketones is 1. The van der Waals surface area contributed by atoms with Gasteiger partial charge in [-0.2, -0.15) is 0 Å². The van der Waals surface area contributed by atoms with Gasteiger partial charge in [-0.25, -0.2) is 0 Å². The third kappa shape index (κ3) is 4.19. The van der Waals surface area contributed by atoms with Crippen molar-refractivity contribution in [2.75, 3.05) is 39.4 Å². The molecule has 0 N–H and O–H groups in total. The number of piperazine rings is 1. The summed E-state index contributed by atoms with van der Waals surface area (Å²) < 4.78 is 5.42. The number of nitrogens with zero attached hydrogens (tertiary/aromatic N) is 2. The fraction of sp³-hybridized carbons (Fsp3) is 0.647. The second-order valence-electron chi connectivity index (χ2n) is 6.31. The first-order valence-corrected chi connectivity index (χ1v) is 9.19. The van der Waals surface area contributed by atoms with Gasteiger partial charge in [0.25, 0.3) is 0 Å². The molecule has 1 amide bonds. The summed E-state index contributed by atoms with van der Waals surface area (Å²) in [7, 11) is 0. The summed E-state index contributed by atoms with van der Waals surface area (Å²) in [6.45, 7) is 6.81. The van der Waals surface area contributed by atoms with Crippen LogP contribution in [-0.4, -0.2) is 66.9 Å². The highest BCUT2D eigenvalue weighted by Crippen LogP contribution is 2.19. The molecule has 3 heterocycles. The first-order valence-electron chi connectivity index (χ1n) is 8.31. The van der Waals surface area contributed by atoms with Gasteiger partial charge in [0.1, 0.15) is 0 Å². The van der Waals surface area contributed by atoms with Gasteiger partial charge >= 0.3 is 0 Å². The number of ether oxygens (including phenoxy) is 1. The molecule has 5 nitrogen and oxygen atoms in total. The van der Waals surface area contributed by atoms with E-state index in [0.29, 0.717) is 12.5 Å². The van der Waals surface area contributed by atoms with Gasteiger partial charge in [-0.3, -0.25) is 14.5 Å². The Balaban J connectivity index is 1.48. The lowest BCUT2D eigenvalue weighted by Gasteiger charge is -2.40. The minimum atomic E-state index is 0.0683. The standard InChI is InChI=1S/C17H24N2O3S/c1-13(20)16-10-14(12-23-16)11-17(21)19-6-4-18(5-7-19)15-2-8-22-9-3-15/h10,12,15H,2-9,11H2,1H3. The molecular formula is C17H24N2O3S. The summed E-state index contributed by atoms with van der Waals surface area (Å²) in [5.74, 6) is 0.239. The Bertz CT molecular complexity index is 558. The number of hydrogen-bond acceptors (Lipinski definition) is 5. The van der Waals surface area contributed by atoms with E-state index >= 15 is 0 Å². The van der Waals surface area contributed by atoms with Gasteiger partial charge in [0.05, 0.1) is 11.3 Å². The molecule has 0 unspecified atom stereocenters. The number of carbonyl (C=O) groups excluding carboxylic acids is 2. The van der Waals surface area contributed by atoms with Gasteiger partial charge in [0.15, 0.2) is 5.78 Å². The number of hydrogen-bond donors (Lipinski definition) is 0. The monoisotopic (exact) mass is 336 g/mol. The first kappa shape index (κ1) is 16.6. The largest absolute Gasteiger partial charge is 0.381 e. The van der Waals surface area contributed by atoms with Crippen LogP contribution in [0, 0.1) is 0 Å². The van der Waals surface area contributed by atoms with Crippen molar-refractivity contribution < 1.29 is 14.3 Å². The van der Waals surface area contributed by atoms with Crippen LogP contribution in [0.3, 0.4) is 0 Å². The van der Waals surface area contributed by atoms with Gasteiger partial charge in [-0.05, 0) is 36.8 Å². The van der Waals surface area contributed by atoms with E-state index in [1.165, 1.54) is 11.3 Å². The average molecular weight is 336 g/mol. The molecule has 1 aromatic heterocycles. The van der Waals surface area contributed by atoms with Gasteiger partial charge in [-0.1, -0.05) is 0 Å². The third-order valence-electron chi connectivity index (χ3n) is 4.73. The molecule has 23 heavy (non-hydrogen) atoms. The van der Waals surface area contributed by atoms with Crippen LogP contribution in [0.15, 0.2) is 11.4 Å². The Morgan fingerprint density at radius 1 is 1.22 bits per heavy atom. The molecular weight excluding hydrogens is 312 g/mol. The molecule has 2 aliphatic rings. The van der Waals surface area contributed by atoms with Crippen LogP contribution < -0.4 is 0 Å². The quantitative estimate of drug-likeness (QED) is 0.787. The molecule has 0 aliphatic carbocycles. The zero-order chi connectivity index (χ0) is 16.2. The molecule has 0 bridgehead atoms. The number of carbonyl (C=O) groups is 2. The third-order valence-corrected chi connectivity index (χ3v) is 5.81. The lowest BCUT2D eigenvalue weighted by molar-refractivity contribution is -0.132. The molecule has 0 spiro atoms. The zero-order valence-electron chi connectivity index (χ0n) is 13.6. The van der Waals surface area contributed by atoms with E-state index in [4.69, 9.17) is 4.74 Å². The van der Waals surface area contributed by atoms with Crippen molar-refractivity contribution in [2.45, 2.75) is 32.2 Å². The van der Waals surface area contributed by atoms with Crippen molar-refractivity contribution in [1.29, 1.82) is 0 Å². The van der Waals surface area contributed by atoms with E-state index in [1.54, 1.807) is 6.92 Å². The van der Waals surface area contributed by atoms with Crippen molar-refractivity contribution in [3.63, 3.8) is 0 Å². The Labute approximate surface area is 141 Å². The highest BCUT2D eigenvalue weighted by molar-refractivity contribution is 7.12. The lowest BCUT2D eigenvalue weighted by atomic mass is 10.1. The van der Waals surface area contributed by atoms with Crippen LogP contribution in [0.2, 0.25) is 0 Å². The second-order valence-corrected chi connectivity index (χ2v) is 7.22. The molecule has 1 aromatic rings. The van der Waals surface area contributed by atoms with Crippen LogP contribution in [-0.2, 0) is 16.0 Å². The van der Waals surface area contributed by atoms with Crippen LogP contribution >= 0.6 is 11.3 Å². The molecule has 6 heteroatoms. The fourth-order valence-corrected chi connectivity index (χ4v) is 4.14. The molecule has 2 aliphatic heterocycles. The van der Waals surface area contributed by atoms with Crippen LogP contribution in [0.5, 0.6) is 0 Å².